The molecule has 12 N–H and O–H groups in total. The van der Waals surface area contributed by atoms with Gasteiger partial charge in [0.25, 0.3) is 41.1 Å². The van der Waals surface area contributed by atoms with Crippen LogP contribution in [0.15, 0.2) is 36.4 Å². The Hall–Kier alpha value is -3.74. The van der Waals surface area contributed by atoms with Gasteiger partial charge in [-0.3, -0.25) is 19.7 Å². The summed E-state index contributed by atoms with van der Waals surface area (Å²) in [4.78, 5) is 38.1. The Kier molecular flexibility index (Phi) is 7.35. The van der Waals surface area contributed by atoms with E-state index in [9.17, 15) is 74.9 Å². The number of imide groups is 1. The summed E-state index contributed by atoms with van der Waals surface area (Å²) in [5.41, 5.74) is -8.27. The van der Waals surface area contributed by atoms with Gasteiger partial charge in [0.1, 0.15) is 11.6 Å². The SMILES string of the molecule is O=C1c2cccc(OC(O)(O)c3cc(C(O)(O)N4CCOCC4)ccc3F)c2C(O)(O)N1C1(O)C(=O)NC(=O)C(O)(O)C1(O)O. The predicted molar refractivity (Wildman–Crippen MR) is 133 cm³/mol. The van der Waals surface area contributed by atoms with E-state index in [2.05, 4.69) is 0 Å². The minimum atomic E-state index is -4.74. The molecule has 2 fully saturated rings. The fraction of sp³-hybridized carbons (Fsp3) is 0.400. The molecule has 0 aromatic heterocycles. The first kappa shape index (κ1) is 32.6. The van der Waals surface area contributed by atoms with Gasteiger partial charge >= 0.3 is 11.8 Å². The molecule has 19 nitrogen and oxygen atoms in total. The zero-order chi connectivity index (χ0) is 33.5. The molecule has 1 unspecified atom stereocenters. The van der Waals surface area contributed by atoms with Crippen molar-refractivity contribution in [2.45, 2.75) is 35.1 Å². The number of carbonyl (C=O) groups is 3. The third kappa shape index (κ3) is 4.51. The predicted octanol–water partition coefficient (Wildman–Crippen LogP) is -6.32. The first-order chi connectivity index (χ1) is 20.6. The van der Waals surface area contributed by atoms with E-state index in [-0.39, 0.29) is 26.3 Å². The van der Waals surface area contributed by atoms with E-state index < -0.39 is 91.5 Å². The highest BCUT2D eigenvalue weighted by atomic mass is 19.1. The summed E-state index contributed by atoms with van der Waals surface area (Å²) in [6.45, 7) is 0.262. The van der Waals surface area contributed by atoms with Crippen molar-refractivity contribution in [3.8, 4) is 5.75 Å². The van der Waals surface area contributed by atoms with Gasteiger partial charge in [-0.2, -0.15) is 0 Å². The van der Waals surface area contributed by atoms with E-state index in [0.29, 0.717) is 12.1 Å². The molecule has 0 spiro atoms. The number of morpholine rings is 1. The van der Waals surface area contributed by atoms with Crippen LogP contribution >= 0.6 is 0 Å². The van der Waals surface area contributed by atoms with E-state index >= 15 is 0 Å². The third-order valence-electron chi connectivity index (χ3n) is 7.67. The number of benzene rings is 2. The van der Waals surface area contributed by atoms with Gasteiger partial charge in [0.2, 0.25) is 0 Å². The Balaban J connectivity index is 1.56. The van der Waals surface area contributed by atoms with Crippen molar-refractivity contribution in [3.05, 3.63) is 64.5 Å². The Morgan fingerprint density at radius 3 is 2.13 bits per heavy atom. The number of amides is 3. The van der Waals surface area contributed by atoms with Crippen LogP contribution in [0.1, 0.15) is 27.0 Å². The van der Waals surface area contributed by atoms with Crippen LogP contribution in [0.25, 0.3) is 0 Å². The number of halogens is 1. The van der Waals surface area contributed by atoms with E-state index in [1.807, 2.05) is 0 Å². The van der Waals surface area contributed by atoms with Gasteiger partial charge in [0, 0.05) is 18.7 Å². The maximum Gasteiger partial charge on any atom is 0.354 e. The van der Waals surface area contributed by atoms with E-state index in [1.54, 1.807) is 0 Å². The Morgan fingerprint density at radius 1 is 0.889 bits per heavy atom. The average Bonchev–Trinajstić information content (AvgIpc) is 3.17. The fourth-order valence-corrected chi connectivity index (χ4v) is 5.23. The molecule has 2 aromatic rings. The van der Waals surface area contributed by atoms with Gasteiger partial charge in [0.15, 0.2) is 0 Å². The van der Waals surface area contributed by atoms with Crippen LogP contribution in [0, 0.1) is 5.82 Å². The van der Waals surface area contributed by atoms with Crippen molar-refractivity contribution in [2.24, 2.45) is 0 Å². The number of piperidine rings is 1. The van der Waals surface area contributed by atoms with Gasteiger partial charge in [-0.15, -0.1) is 0 Å². The van der Waals surface area contributed by atoms with Crippen molar-refractivity contribution in [3.63, 3.8) is 0 Å². The topological polar surface area (TPSA) is 311 Å². The van der Waals surface area contributed by atoms with Crippen molar-refractivity contribution in [1.29, 1.82) is 0 Å². The Bertz CT molecular complexity index is 1590. The second kappa shape index (κ2) is 10.1. The third-order valence-corrected chi connectivity index (χ3v) is 7.67. The van der Waals surface area contributed by atoms with E-state index in [4.69, 9.17) is 9.47 Å². The van der Waals surface area contributed by atoms with Gasteiger partial charge in [-0.25, -0.2) is 14.2 Å². The molecule has 0 saturated carbocycles. The second-order valence-corrected chi connectivity index (χ2v) is 10.4. The molecule has 3 amide bonds. The number of nitrogens with zero attached hydrogens (tertiary/aromatic N) is 2. The lowest BCUT2D eigenvalue weighted by molar-refractivity contribution is -0.433. The number of nitrogens with one attached hydrogen (secondary N) is 1. The molecule has 0 aliphatic carbocycles. The number of aliphatic hydroxyl groups is 11. The molecule has 3 heterocycles. The Morgan fingerprint density at radius 2 is 1.51 bits per heavy atom. The second-order valence-electron chi connectivity index (χ2n) is 10.4. The number of carbonyl (C=O) groups excluding carboxylic acids is 3. The van der Waals surface area contributed by atoms with Gasteiger partial charge < -0.3 is 65.6 Å². The lowest BCUT2D eigenvalue weighted by atomic mass is 9.86. The molecular formula is C25H26FN3O16. The largest absolute Gasteiger partial charge is 0.435 e. The molecule has 0 bridgehead atoms. The van der Waals surface area contributed by atoms with Crippen molar-refractivity contribution in [2.75, 3.05) is 26.3 Å². The van der Waals surface area contributed by atoms with Crippen LogP contribution in [0.2, 0.25) is 0 Å². The summed E-state index contributed by atoms with van der Waals surface area (Å²) < 4.78 is 25.1. The maximum absolute atomic E-state index is 14.9. The molecule has 2 aromatic carbocycles. The average molecular weight is 643 g/mol. The number of ether oxygens (including phenoxy) is 2. The summed E-state index contributed by atoms with van der Waals surface area (Å²) in [6.07, 6.45) is 0. The fourth-order valence-electron chi connectivity index (χ4n) is 5.23. The minimum absolute atomic E-state index is 0.0184. The molecular weight excluding hydrogens is 617 g/mol. The van der Waals surface area contributed by atoms with E-state index in [1.165, 1.54) is 0 Å². The molecule has 2 saturated heterocycles. The van der Waals surface area contributed by atoms with Gasteiger partial charge in [-0.1, -0.05) is 6.07 Å². The summed E-state index contributed by atoms with van der Waals surface area (Å²) in [7, 11) is 0. The zero-order valence-electron chi connectivity index (χ0n) is 22.5. The Labute approximate surface area is 249 Å². The maximum atomic E-state index is 14.9. The molecule has 20 heteroatoms. The first-order valence-electron chi connectivity index (χ1n) is 12.8. The quantitative estimate of drug-likeness (QED) is 0.103. The molecule has 0 radical (unpaired) electrons. The standard InChI is InChI=1S/C25H26FN3O16/c26-14-5-4-11(22(36,37)28-6-8-44-9-7-28)10-13(14)24(40,41)45-15-3-1-2-12-16(15)23(38,39)29(17(12)30)20(33)18(31)27-19(32)21(34,35)25(20,42)43/h1-5,10,33-43H,6-9H2,(H,27,31,32). The van der Waals surface area contributed by atoms with Crippen LogP contribution in [-0.2, 0) is 32.1 Å². The van der Waals surface area contributed by atoms with Crippen LogP contribution in [-0.4, -0.2) is 127 Å². The van der Waals surface area contributed by atoms with Gasteiger partial charge in [-0.05, 0) is 30.3 Å². The molecule has 5 rings (SSSR count). The summed E-state index contributed by atoms with van der Waals surface area (Å²) in [6, 6.07) is 4.58. The number of fused-ring (bicyclic) bond motifs is 1. The lowest BCUT2D eigenvalue weighted by Crippen LogP contribution is -2.87. The number of hydrogen-bond acceptors (Lipinski definition) is 17. The molecule has 1 atom stereocenters. The van der Waals surface area contributed by atoms with Crippen molar-refractivity contribution >= 4 is 17.7 Å². The van der Waals surface area contributed by atoms with Crippen molar-refractivity contribution in [1.82, 2.24) is 15.1 Å². The highest BCUT2D eigenvalue weighted by Crippen LogP contribution is 2.49. The molecule has 244 valence electrons. The monoisotopic (exact) mass is 643 g/mol. The van der Waals surface area contributed by atoms with Crippen LogP contribution in [0.5, 0.6) is 5.75 Å². The normalized spacial score (nSPS) is 24.8. The van der Waals surface area contributed by atoms with E-state index in [0.717, 1.165) is 34.5 Å². The summed E-state index contributed by atoms with van der Waals surface area (Å²) >= 11 is 0. The lowest BCUT2D eigenvalue weighted by Gasteiger charge is -2.51. The first-order valence-corrected chi connectivity index (χ1v) is 12.8. The highest BCUT2D eigenvalue weighted by Gasteiger charge is 2.79. The summed E-state index contributed by atoms with van der Waals surface area (Å²) in [5.74, 6) is -28.6. The summed E-state index contributed by atoms with van der Waals surface area (Å²) in [5, 5.41) is 118. The highest BCUT2D eigenvalue weighted by molar-refractivity contribution is 6.10. The molecule has 3 aliphatic heterocycles. The minimum Gasteiger partial charge on any atom is -0.435 e. The van der Waals surface area contributed by atoms with Crippen LogP contribution in [0.3, 0.4) is 0 Å². The van der Waals surface area contributed by atoms with Crippen LogP contribution < -0.4 is 10.1 Å². The number of rotatable bonds is 6. The smallest absolute Gasteiger partial charge is 0.354 e. The van der Waals surface area contributed by atoms with Gasteiger partial charge in [0.05, 0.1) is 29.9 Å². The number of hydrogen-bond donors (Lipinski definition) is 12. The molecule has 3 aliphatic rings. The zero-order valence-corrected chi connectivity index (χ0v) is 22.5. The molecule has 45 heavy (non-hydrogen) atoms. The van der Waals surface area contributed by atoms with Crippen molar-refractivity contribution < 1.29 is 84.4 Å². The van der Waals surface area contributed by atoms with Crippen LogP contribution in [0.4, 0.5) is 4.39 Å².